The molecule has 1 aliphatic rings. The van der Waals surface area contributed by atoms with Gasteiger partial charge in [0, 0.05) is 54.2 Å². The molecular weight excluding hydrogens is 493 g/mol. The molecule has 0 bridgehead atoms. The third-order valence-electron chi connectivity index (χ3n) is 3.95. The van der Waals surface area contributed by atoms with Crippen LogP contribution in [-0.2, 0) is 47.6 Å². The Bertz CT molecular complexity index is 567. The van der Waals surface area contributed by atoms with Gasteiger partial charge in [-0.15, -0.1) is 0 Å². The van der Waals surface area contributed by atoms with E-state index in [1.807, 2.05) is 6.07 Å². The molecule has 1 heterocycles. The third kappa shape index (κ3) is 4.34. The topological polar surface area (TPSA) is 6.48 Å². The Morgan fingerprint density at radius 3 is 1.82 bits per heavy atom. The van der Waals surface area contributed by atoms with Crippen molar-refractivity contribution in [2.75, 3.05) is 31.1 Å². The van der Waals surface area contributed by atoms with Crippen molar-refractivity contribution >= 4 is 30.9 Å². The monoisotopic (exact) mass is 511 g/mol. The largest absolute Gasteiger partial charge is 0.800 e. The number of rotatable bonds is 3. The number of benzene rings is 2. The zero-order valence-corrected chi connectivity index (χ0v) is 15.9. The van der Waals surface area contributed by atoms with Gasteiger partial charge in [-0.2, -0.15) is 0 Å². The minimum Gasteiger partial charge on any atom is -0.800 e. The van der Waals surface area contributed by atoms with Crippen LogP contribution < -0.4 is 4.90 Å². The molecule has 2 aromatic carbocycles. The predicted octanol–water partition coefficient (Wildman–Crippen LogP) is 2.85. The summed E-state index contributed by atoms with van der Waals surface area (Å²) in [6.07, 6.45) is 0. The van der Waals surface area contributed by atoms with E-state index in [0.717, 1.165) is 26.2 Å². The van der Waals surface area contributed by atoms with Gasteiger partial charge < -0.3 is 35.1 Å². The van der Waals surface area contributed by atoms with Gasteiger partial charge in [-0.1, -0.05) is 42.5 Å². The van der Waals surface area contributed by atoms with E-state index < -0.39 is 0 Å². The fourth-order valence-electron chi connectivity index (χ4n) is 2.69. The van der Waals surface area contributed by atoms with Crippen LogP contribution >= 0.6 is 0 Å². The standard InChI is InChI=1S/C17H20N2S2.Au/c20-17(21)19-12-10-18(11-13-19)16-8-6-15(7-9-16)14-4-2-1-3-5-14;/h1-9,17,20-21H,10-13H2;/p-2. The summed E-state index contributed by atoms with van der Waals surface area (Å²) in [7, 11) is 0. The molecule has 0 unspecified atom stereocenters. The summed E-state index contributed by atoms with van der Waals surface area (Å²) in [6.45, 7) is 3.90. The number of hydrogen-bond acceptors (Lipinski definition) is 4. The Kier molecular flexibility index (Phi) is 6.93. The predicted molar refractivity (Wildman–Crippen MR) is 94.2 cm³/mol. The van der Waals surface area contributed by atoms with Crippen molar-refractivity contribution < 1.29 is 22.4 Å². The SMILES string of the molecule is [Au].[S-]C([S-])N1CCN(c2ccc(-c3ccccc3)cc2)CC1. The fraction of sp³-hybridized carbons (Fsp3) is 0.294. The summed E-state index contributed by atoms with van der Waals surface area (Å²) in [6, 6.07) is 19.3. The first-order valence-electron chi connectivity index (χ1n) is 7.20. The Morgan fingerprint density at radius 1 is 0.727 bits per heavy atom. The summed E-state index contributed by atoms with van der Waals surface area (Å²) < 4.78 is -0.174. The van der Waals surface area contributed by atoms with Gasteiger partial charge in [-0.3, -0.25) is 0 Å². The van der Waals surface area contributed by atoms with Crippen molar-refractivity contribution in [3.05, 3.63) is 54.6 Å². The molecule has 0 spiro atoms. The van der Waals surface area contributed by atoms with Crippen LogP contribution in [-0.4, -0.2) is 35.8 Å². The molecule has 0 N–H and O–H groups in total. The van der Waals surface area contributed by atoms with Crippen LogP contribution in [0.3, 0.4) is 0 Å². The normalized spacial score (nSPS) is 15.7. The van der Waals surface area contributed by atoms with E-state index >= 15 is 0 Å². The summed E-state index contributed by atoms with van der Waals surface area (Å²) in [4.78, 5) is 4.58. The first kappa shape index (κ1) is 18.0. The van der Waals surface area contributed by atoms with Crippen LogP contribution in [0.2, 0.25) is 0 Å². The molecule has 0 aliphatic carbocycles. The van der Waals surface area contributed by atoms with E-state index in [2.05, 4.69) is 58.3 Å². The van der Waals surface area contributed by atoms with Crippen LogP contribution in [0.25, 0.3) is 11.1 Å². The summed E-state index contributed by atoms with van der Waals surface area (Å²) in [5, 5.41) is 0. The van der Waals surface area contributed by atoms with E-state index in [4.69, 9.17) is 25.3 Å². The minimum absolute atomic E-state index is 0. The summed E-state index contributed by atoms with van der Waals surface area (Å²) in [5.41, 5.74) is 3.79. The Morgan fingerprint density at radius 2 is 1.27 bits per heavy atom. The molecule has 2 nitrogen and oxygen atoms in total. The molecule has 1 fully saturated rings. The van der Waals surface area contributed by atoms with Gasteiger partial charge in [0.1, 0.15) is 0 Å². The first-order chi connectivity index (χ1) is 10.2. The maximum Gasteiger partial charge on any atom is 0.0367 e. The van der Waals surface area contributed by atoms with Gasteiger partial charge >= 0.3 is 0 Å². The van der Waals surface area contributed by atoms with Crippen LogP contribution in [0.1, 0.15) is 0 Å². The molecule has 22 heavy (non-hydrogen) atoms. The van der Waals surface area contributed by atoms with Gasteiger partial charge in [0.25, 0.3) is 0 Å². The van der Waals surface area contributed by atoms with E-state index in [-0.39, 0.29) is 27.1 Å². The zero-order valence-electron chi connectivity index (χ0n) is 12.1. The molecule has 0 atom stereocenters. The summed E-state index contributed by atoms with van der Waals surface area (Å²) in [5.74, 6) is 0. The van der Waals surface area contributed by atoms with Crippen LogP contribution in [0.15, 0.2) is 54.6 Å². The molecule has 1 radical (unpaired) electrons. The number of anilines is 1. The van der Waals surface area contributed by atoms with Gasteiger partial charge in [0.05, 0.1) is 0 Å². The summed E-state index contributed by atoms with van der Waals surface area (Å²) >= 11 is 10.3. The van der Waals surface area contributed by atoms with Gasteiger partial charge in [-0.05, 0) is 23.3 Å². The number of piperazine rings is 1. The fourth-order valence-corrected chi connectivity index (χ4v) is 3.11. The van der Waals surface area contributed by atoms with E-state index in [1.165, 1.54) is 16.8 Å². The van der Waals surface area contributed by atoms with Crippen LogP contribution in [0, 0.1) is 0 Å². The smallest absolute Gasteiger partial charge is 0.0367 e. The average molecular weight is 511 g/mol. The molecule has 5 heteroatoms. The maximum atomic E-state index is 5.15. The van der Waals surface area contributed by atoms with Gasteiger partial charge in [0.2, 0.25) is 0 Å². The Labute approximate surface area is 159 Å². The van der Waals surface area contributed by atoms with Crippen molar-refractivity contribution in [3.63, 3.8) is 0 Å². The van der Waals surface area contributed by atoms with Crippen molar-refractivity contribution in [3.8, 4) is 11.1 Å². The second-order valence-electron chi connectivity index (χ2n) is 5.24. The number of hydrogen-bond donors (Lipinski definition) is 0. The Hall–Kier alpha value is -0.360. The van der Waals surface area contributed by atoms with Crippen molar-refractivity contribution in [1.82, 2.24) is 4.90 Å². The molecule has 2 aromatic rings. The van der Waals surface area contributed by atoms with Crippen molar-refractivity contribution in [2.24, 2.45) is 0 Å². The number of nitrogens with zero attached hydrogens (tertiary/aromatic N) is 2. The van der Waals surface area contributed by atoms with Gasteiger partial charge in [-0.25, -0.2) is 4.71 Å². The van der Waals surface area contributed by atoms with E-state index in [9.17, 15) is 0 Å². The average Bonchev–Trinajstić information content (AvgIpc) is 2.56. The zero-order chi connectivity index (χ0) is 14.7. The van der Waals surface area contributed by atoms with Crippen molar-refractivity contribution in [1.29, 1.82) is 0 Å². The van der Waals surface area contributed by atoms with Crippen LogP contribution in [0.5, 0.6) is 0 Å². The first-order valence-corrected chi connectivity index (χ1v) is 8.14. The minimum atomic E-state index is -0.174. The molecule has 0 aromatic heterocycles. The second-order valence-corrected chi connectivity index (χ2v) is 6.43. The van der Waals surface area contributed by atoms with E-state index in [0.29, 0.717) is 0 Å². The quantitative estimate of drug-likeness (QED) is 0.462. The molecule has 1 aliphatic heterocycles. The second kappa shape index (κ2) is 8.48. The van der Waals surface area contributed by atoms with Crippen LogP contribution in [0.4, 0.5) is 5.69 Å². The molecule has 3 rings (SSSR count). The third-order valence-corrected chi connectivity index (χ3v) is 4.55. The van der Waals surface area contributed by atoms with Gasteiger partial charge in [0.15, 0.2) is 0 Å². The molecule has 121 valence electrons. The molecule has 0 saturated carbocycles. The Balaban J connectivity index is 0.00000176. The maximum absolute atomic E-state index is 5.15. The molecular formula is C17H18AuN2S2-2. The van der Waals surface area contributed by atoms with Crippen molar-refractivity contribution in [2.45, 2.75) is 4.71 Å². The molecule has 1 saturated heterocycles. The molecule has 0 amide bonds. The van der Waals surface area contributed by atoms with E-state index in [1.54, 1.807) is 0 Å².